The third-order valence-electron chi connectivity index (χ3n) is 4.33. The molecule has 0 spiro atoms. The van der Waals surface area contributed by atoms with E-state index in [1.165, 1.54) is 12.8 Å². The summed E-state index contributed by atoms with van der Waals surface area (Å²) >= 11 is 0. The quantitative estimate of drug-likeness (QED) is 0.660. The van der Waals surface area contributed by atoms with Crippen molar-refractivity contribution in [3.63, 3.8) is 0 Å². The Morgan fingerprint density at radius 1 is 1.14 bits per heavy atom. The second-order valence-electron chi connectivity index (χ2n) is 6.44. The largest absolute Gasteiger partial charge is 0.493 e. The van der Waals surface area contributed by atoms with Crippen LogP contribution < -0.4 is 24.4 Å². The molecule has 1 N–H and O–H groups in total. The molecule has 0 unspecified atom stereocenters. The van der Waals surface area contributed by atoms with Crippen molar-refractivity contribution in [1.29, 1.82) is 0 Å². The lowest BCUT2D eigenvalue weighted by atomic mass is 10.3. The first-order chi connectivity index (χ1) is 13.7. The third kappa shape index (κ3) is 5.48. The summed E-state index contributed by atoms with van der Waals surface area (Å²) < 4.78 is 16.4. The second kappa shape index (κ2) is 9.77. The van der Waals surface area contributed by atoms with E-state index in [2.05, 4.69) is 20.2 Å². The molecule has 0 bridgehead atoms. The maximum atomic E-state index is 11.9. The van der Waals surface area contributed by atoms with Crippen LogP contribution in [0.25, 0.3) is 0 Å². The fourth-order valence-electron chi connectivity index (χ4n) is 2.99. The van der Waals surface area contributed by atoms with Gasteiger partial charge in [-0.3, -0.25) is 4.79 Å². The molecule has 1 aliphatic rings. The summed E-state index contributed by atoms with van der Waals surface area (Å²) in [5.41, 5.74) is 0. The Morgan fingerprint density at radius 2 is 1.89 bits per heavy atom. The number of nitrogens with one attached hydrogen (secondary N) is 1. The molecule has 1 saturated heterocycles. The van der Waals surface area contributed by atoms with Gasteiger partial charge in [0.15, 0.2) is 18.1 Å². The van der Waals surface area contributed by atoms with Crippen LogP contribution in [0.5, 0.6) is 17.4 Å². The number of benzene rings is 1. The molecule has 0 atom stereocenters. The normalized spacial score (nSPS) is 13.3. The molecule has 0 radical (unpaired) electrons. The summed E-state index contributed by atoms with van der Waals surface area (Å²) in [5.74, 6) is 2.98. The zero-order chi connectivity index (χ0) is 19.8. The van der Waals surface area contributed by atoms with Crippen molar-refractivity contribution < 1.29 is 19.0 Å². The lowest BCUT2D eigenvalue weighted by Crippen LogP contribution is -2.32. The summed E-state index contributed by atoms with van der Waals surface area (Å²) in [6.07, 6.45) is 2.37. The molecule has 0 saturated carbocycles. The summed E-state index contributed by atoms with van der Waals surface area (Å²) in [6, 6.07) is 9.05. The van der Waals surface area contributed by atoms with Crippen molar-refractivity contribution in [2.45, 2.75) is 19.8 Å². The number of aromatic nitrogens is 2. The number of methoxy groups -OCH3 is 1. The fourth-order valence-corrected chi connectivity index (χ4v) is 2.99. The van der Waals surface area contributed by atoms with E-state index in [1.54, 1.807) is 19.2 Å². The molecule has 1 aromatic heterocycles. The number of rotatable bonds is 9. The molecule has 1 fully saturated rings. The highest BCUT2D eigenvalue weighted by molar-refractivity contribution is 5.77. The smallest absolute Gasteiger partial charge is 0.258 e. The SMILES string of the molecule is COc1ccccc1OCC(=O)NCCOc1cc(N2CCCC2)nc(C)n1. The number of nitrogens with zero attached hydrogens (tertiary/aromatic N) is 3. The van der Waals surface area contributed by atoms with E-state index in [0.717, 1.165) is 18.9 Å². The Kier molecular flexibility index (Phi) is 6.89. The molecule has 8 nitrogen and oxygen atoms in total. The topological polar surface area (TPSA) is 85.8 Å². The molecular formula is C20H26N4O4. The molecule has 150 valence electrons. The van der Waals surface area contributed by atoms with Crippen molar-refractivity contribution in [2.24, 2.45) is 0 Å². The van der Waals surface area contributed by atoms with Gasteiger partial charge in [-0.1, -0.05) is 12.1 Å². The highest BCUT2D eigenvalue weighted by atomic mass is 16.5. The van der Waals surface area contributed by atoms with Crippen molar-refractivity contribution in [3.8, 4) is 17.4 Å². The highest BCUT2D eigenvalue weighted by Gasteiger charge is 2.15. The monoisotopic (exact) mass is 386 g/mol. The molecule has 2 heterocycles. The Hall–Kier alpha value is -3.03. The van der Waals surface area contributed by atoms with Crippen LogP contribution in [0, 0.1) is 6.92 Å². The molecule has 1 aromatic carbocycles. The molecule has 2 aromatic rings. The zero-order valence-corrected chi connectivity index (χ0v) is 16.3. The van der Waals surface area contributed by atoms with Gasteiger partial charge in [-0.25, -0.2) is 4.98 Å². The third-order valence-corrected chi connectivity index (χ3v) is 4.33. The number of carbonyl (C=O) groups excluding carboxylic acids is 1. The maximum absolute atomic E-state index is 11.9. The first-order valence-corrected chi connectivity index (χ1v) is 9.41. The Labute approximate surface area is 164 Å². The number of hydrogen-bond acceptors (Lipinski definition) is 7. The molecule has 3 rings (SSSR count). The first-order valence-electron chi connectivity index (χ1n) is 9.41. The lowest BCUT2D eigenvalue weighted by Gasteiger charge is -2.17. The standard InChI is InChI=1S/C20H26N4O4/c1-15-22-18(24-10-5-6-11-24)13-20(23-15)27-12-9-21-19(25)14-28-17-8-4-3-7-16(17)26-2/h3-4,7-8,13H,5-6,9-12,14H2,1-2H3,(H,21,25). The number of ether oxygens (including phenoxy) is 3. The van der Waals surface area contributed by atoms with E-state index in [4.69, 9.17) is 14.2 Å². The Bertz CT molecular complexity index is 794. The minimum Gasteiger partial charge on any atom is -0.493 e. The van der Waals surface area contributed by atoms with Gasteiger partial charge in [-0.2, -0.15) is 4.98 Å². The number of amides is 1. The molecule has 1 aliphatic heterocycles. The molecule has 28 heavy (non-hydrogen) atoms. The summed E-state index contributed by atoms with van der Waals surface area (Å²) in [6.45, 7) is 4.46. The van der Waals surface area contributed by atoms with E-state index in [0.29, 0.717) is 36.4 Å². The summed E-state index contributed by atoms with van der Waals surface area (Å²) in [4.78, 5) is 23.0. The van der Waals surface area contributed by atoms with Gasteiger partial charge in [0.25, 0.3) is 5.91 Å². The van der Waals surface area contributed by atoms with Gasteiger partial charge in [0, 0.05) is 19.2 Å². The van der Waals surface area contributed by atoms with Gasteiger partial charge in [0.05, 0.1) is 13.7 Å². The first kappa shape index (κ1) is 19.7. The van der Waals surface area contributed by atoms with Gasteiger partial charge >= 0.3 is 0 Å². The minimum absolute atomic E-state index is 0.0912. The van der Waals surface area contributed by atoms with E-state index in [9.17, 15) is 4.79 Å². The minimum atomic E-state index is -0.230. The predicted molar refractivity (Wildman–Crippen MR) is 105 cm³/mol. The van der Waals surface area contributed by atoms with Gasteiger partial charge in [-0.15, -0.1) is 0 Å². The van der Waals surface area contributed by atoms with Crippen LogP contribution in [0.15, 0.2) is 30.3 Å². The number of para-hydroxylation sites is 2. The van der Waals surface area contributed by atoms with Crippen LogP contribution >= 0.6 is 0 Å². The van der Waals surface area contributed by atoms with Crippen LogP contribution in [0.3, 0.4) is 0 Å². The maximum Gasteiger partial charge on any atom is 0.258 e. The number of aryl methyl sites for hydroxylation is 1. The van der Waals surface area contributed by atoms with Crippen molar-refractivity contribution in [3.05, 3.63) is 36.2 Å². The molecular weight excluding hydrogens is 360 g/mol. The number of carbonyl (C=O) groups is 1. The van der Waals surface area contributed by atoms with Crippen LogP contribution in [0.2, 0.25) is 0 Å². The average Bonchev–Trinajstić information content (AvgIpc) is 3.24. The molecule has 8 heteroatoms. The fraction of sp³-hybridized carbons (Fsp3) is 0.450. The van der Waals surface area contributed by atoms with E-state index < -0.39 is 0 Å². The highest BCUT2D eigenvalue weighted by Crippen LogP contribution is 2.25. The van der Waals surface area contributed by atoms with Gasteiger partial charge in [0.2, 0.25) is 5.88 Å². The number of hydrogen-bond donors (Lipinski definition) is 1. The molecule has 0 aliphatic carbocycles. The van der Waals surface area contributed by atoms with E-state index >= 15 is 0 Å². The predicted octanol–water partition coefficient (Wildman–Crippen LogP) is 1.97. The van der Waals surface area contributed by atoms with Crippen molar-refractivity contribution in [1.82, 2.24) is 15.3 Å². The second-order valence-corrected chi connectivity index (χ2v) is 6.44. The summed E-state index contributed by atoms with van der Waals surface area (Å²) in [5, 5.41) is 2.76. The number of anilines is 1. The van der Waals surface area contributed by atoms with Crippen LogP contribution in [-0.4, -0.2) is 55.8 Å². The van der Waals surface area contributed by atoms with Crippen molar-refractivity contribution >= 4 is 11.7 Å². The van der Waals surface area contributed by atoms with Crippen LogP contribution in [-0.2, 0) is 4.79 Å². The van der Waals surface area contributed by atoms with Gasteiger partial charge < -0.3 is 24.4 Å². The van der Waals surface area contributed by atoms with E-state index in [-0.39, 0.29) is 12.5 Å². The Balaban J connectivity index is 1.41. The lowest BCUT2D eigenvalue weighted by molar-refractivity contribution is -0.123. The summed E-state index contributed by atoms with van der Waals surface area (Å²) in [7, 11) is 1.56. The van der Waals surface area contributed by atoms with Gasteiger partial charge in [0.1, 0.15) is 18.2 Å². The van der Waals surface area contributed by atoms with Crippen LogP contribution in [0.1, 0.15) is 18.7 Å². The molecule has 1 amide bonds. The Morgan fingerprint density at radius 3 is 2.64 bits per heavy atom. The zero-order valence-electron chi connectivity index (χ0n) is 16.3. The van der Waals surface area contributed by atoms with E-state index in [1.807, 2.05) is 25.1 Å². The van der Waals surface area contributed by atoms with Crippen LogP contribution in [0.4, 0.5) is 5.82 Å². The van der Waals surface area contributed by atoms with Gasteiger partial charge in [-0.05, 0) is 31.9 Å². The van der Waals surface area contributed by atoms with Crippen molar-refractivity contribution in [2.75, 3.05) is 44.9 Å². The average molecular weight is 386 g/mol.